The zero-order valence-corrected chi connectivity index (χ0v) is 18.6. The van der Waals surface area contributed by atoms with Gasteiger partial charge in [-0.25, -0.2) is 12.7 Å². The summed E-state index contributed by atoms with van der Waals surface area (Å²) in [6.45, 7) is 2.80. The van der Waals surface area contributed by atoms with E-state index in [2.05, 4.69) is 10.3 Å². The molecule has 31 heavy (non-hydrogen) atoms. The van der Waals surface area contributed by atoms with E-state index in [1.54, 1.807) is 22.8 Å². The second-order valence-corrected chi connectivity index (χ2v) is 10.5. The van der Waals surface area contributed by atoms with Crippen LogP contribution in [0.3, 0.4) is 0 Å². The van der Waals surface area contributed by atoms with Crippen LogP contribution in [0, 0.1) is 0 Å². The smallest absolute Gasteiger partial charge is 0.225 e. The van der Waals surface area contributed by atoms with Gasteiger partial charge in [0.1, 0.15) is 11.4 Å². The minimum Gasteiger partial charge on any atom is -0.487 e. The standard InChI is InChI=1S/C23H29N3O4S/c1-2-14-31(28,29)26-12-9-23(10-13-26)16-18(20-7-3-4-8-21(20)30-23)15-22(27)25-19-6-5-11-24-17-19/h3-8,11,17-18H,2,9-10,12-16H2,1H3,(H,25,27)/t18-/m1/s1. The van der Waals surface area contributed by atoms with Gasteiger partial charge in [0.25, 0.3) is 0 Å². The summed E-state index contributed by atoms with van der Waals surface area (Å²) in [5, 5.41) is 2.92. The second-order valence-electron chi connectivity index (χ2n) is 8.43. The highest BCUT2D eigenvalue weighted by atomic mass is 32.2. The molecule has 1 spiro atoms. The van der Waals surface area contributed by atoms with Crippen LogP contribution in [0.2, 0.25) is 0 Å². The van der Waals surface area contributed by atoms with Gasteiger partial charge in [-0.1, -0.05) is 25.1 Å². The largest absolute Gasteiger partial charge is 0.487 e. The number of ether oxygens (including phenoxy) is 1. The van der Waals surface area contributed by atoms with Crippen LogP contribution < -0.4 is 10.1 Å². The van der Waals surface area contributed by atoms with Gasteiger partial charge >= 0.3 is 0 Å². The maximum Gasteiger partial charge on any atom is 0.225 e. The van der Waals surface area contributed by atoms with E-state index in [1.807, 2.05) is 37.3 Å². The Morgan fingerprint density at radius 3 is 2.71 bits per heavy atom. The molecule has 0 unspecified atom stereocenters. The van der Waals surface area contributed by atoms with Gasteiger partial charge in [-0.2, -0.15) is 0 Å². The number of piperidine rings is 1. The molecule has 1 saturated heterocycles. The van der Waals surface area contributed by atoms with Gasteiger partial charge in [0.15, 0.2) is 0 Å². The van der Waals surface area contributed by atoms with Crippen molar-refractivity contribution in [1.82, 2.24) is 9.29 Å². The number of rotatable bonds is 6. The van der Waals surface area contributed by atoms with Crippen molar-refractivity contribution in [1.29, 1.82) is 0 Å². The highest BCUT2D eigenvalue weighted by Gasteiger charge is 2.45. The summed E-state index contributed by atoms with van der Waals surface area (Å²) in [4.78, 5) is 16.8. The number of hydrogen-bond acceptors (Lipinski definition) is 5. The van der Waals surface area contributed by atoms with Crippen molar-refractivity contribution in [3.8, 4) is 5.75 Å². The number of nitrogens with one attached hydrogen (secondary N) is 1. The maximum atomic E-state index is 12.7. The van der Waals surface area contributed by atoms with Gasteiger partial charge in [-0.05, 0) is 36.6 Å². The molecule has 166 valence electrons. The SMILES string of the molecule is CCCS(=O)(=O)N1CCC2(CC1)C[C@@H](CC(=O)Nc1cccnc1)c1ccccc1O2. The first-order chi connectivity index (χ1) is 14.9. The van der Waals surface area contributed by atoms with Crippen LogP contribution in [-0.2, 0) is 14.8 Å². The van der Waals surface area contributed by atoms with E-state index < -0.39 is 15.6 Å². The van der Waals surface area contributed by atoms with Crippen molar-refractivity contribution in [3.63, 3.8) is 0 Å². The summed E-state index contributed by atoms with van der Waals surface area (Å²) < 4.78 is 33.0. The lowest BCUT2D eigenvalue weighted by molar-refractivity contribution is -0.117. The quantitative estimate of drug-likeness (QED) is 0.738. The average molecular weight is 444 g/mol. The molecule has 0 aliphatic carbocycles. The average Bonchev–Trinajstić information content (AvgIpc) is 2.74. The molecule has 1 amide bonds. The van der Waals surface area contributed by atoms with Crippen LogP contribution in [-0.4, -0.2) is 48.1 Å². The van der Waals surface area contributed by atoms with Crippen LogP contribution in [0.25, 0.3) is 0 Å². The Balaban J connectivity index is 1.49. The number of hydrogen-bond donors (Lipinski definition) is 1. The minimum atomic E-state index is -3.21. The molecular weight excluding hydrogens is 414 g/mol. The van der Waals surface area contributed by atoms with Crippen molar-refractivity contribution in [2.75, 3.05) is 24.2 Å². The van der Waals surface area contributed by atoms with E-state index in [4.69, 9.17) is 4.74 Å². The lowest BCUT2D eigenvalue weighted by Gasteiger charge is -2.46. The van der Waals surface area contributed by atoms with Gasteiger partial charge in [0.2, 0.25) is 15.9 Å². The first kappa shape index (κ1) is 21.8. The number of carbonyl (C=O) groups excluding carboxylic acids is 1. The van der Waals surface area contributed by atoms with Crippen molar-refractivity contribution in [2.24, 2.45) is 0 Å². The summed E-state index contributed by atoms with van der Waals surface area (Å²) in [5.41, 5.74) is 1.28. The molecule has 1 N–H and O–H groups in total. The van der Waals surface area contributed by atoms with E-state index in [-0.39, 0.29) is 17.6 Å². The fourth-order valence-electron chi connectivity index (χ4n) is 4.66. The van der Waals surface area contributed by atoms with Gasteiger partial charge in [-0.15, -0.1) is 0 Å². The highest BCUT2D eigenvalue weighted by Crippen LogP contribution is 2.46. The number of benzene rings is 1. The Hall–Kier alpha value is -2.45. The number of nitrogens with zero attached hydrogens (tertiary/aromatic N) is 2. The molecule has 0 bridgehead atoms. The zero-order valence-electron chi connectivity index (χ0n) is 17.8. The summed E-state index contributed by atoms with van der Waals surface area (Å²) in [6.07, 6.45) is 6.21. The summed E-state index contributed by atoms with van der Waals surface area (Å²) in [5.74, 6) is 0.937. The fraction of sp³-hybridized carbons (Fsp3) is 0.478. The number of carbonyl (C=O) groups is 1. The van der Waals surface area contributed by atoms with Crippen LogP contribution in [0.1, 0.15) is 50.5 Å². The zero-order chi connectivity index (χ0) is 21.9. The maximum absolute atomic E-state index is 12.7. The predicted molar refractivity (Wildman–Crippen MR) is 120 cm³/mol. The Bertz CT molecular complexity index is 1020. The molecule has 0 saturated carbocycles. The van der Waals surface area contributed by atoms with Gasteiger partial charge < -0.3 is 10.1 Å². The number of sulfonamides is 1. The molecule has 3 heterocycles. The minimum absolute atomic E-state index is 0.0143. The van der Waals surface area contributed by atoms with E-state index >= 15 is 0 Å². The number of amides is 1. The predicted octanol–water partition coefficient (Wildman–Crippen LogP) is 3.55. The third-order valence-corrected chi connectivity index (χ3v) is 8.25. The number of para-hydroxylation sites is 1. The second kappa shape index (κ2) is 8.96. The summed E-state index contributed by atoms with van der Waals surface area (Å²) in [7, 11) is -3.21. The van der Waals surface area contributed by atoms with Crippen molar-refractivity contribution >= 4 is 21.6 Å². The molecule has 4 rings (SSSR count). The Labute approximate surface area is 183 Å². The normalized spacial score (nSPS) is 20.6. The monoisotopic (exact) mass is 443 g/mol. The molecule has 1 atom stereocenters. The molecule has 8 heteroatoms. The lowest BCUT2D eigenvalue weighted by Crippen LogP contribution is -2.52. The molecule has 2 aliphatic rings. The van der Waals surface area contributed by atoms with Gasteiger partial charge in [0, 0.05) is 44.5 Å². The van der Waals surface area contributed by atoms with E-state index in [0.717, 1.165) is 11.3 Å². The van der Waals surface area contributed by atoms with Crippen molar-refractivity contribution < 1.29 is 17.9 Å². The third-order valence-electron chi connectivity index (χ3n) is 6.17. The number of anilines is 1. The topological polar surface area (TPSA) is 88.6 Å². The van der Waals surface area contributed by atoms with Crippen LogP contribution in [0.15, 0.2) is 48.8 Å². The van der Waals surface area contributed by atoms with E-state index in [1.165, 1.54) is 0 Å². The molecular formula is C23H29N3O4S. The molecule has 1 fully saturated rings. The van der Waals surface area contributed by atoms with E-state index in [0.29, 0.717) is 50.9 Å². The van der Waals surface area contributed by atoms with Crippen LogP contribution >= 0.6 is 0 Å². The van der Waals surface area contributed by atoms with Crippen LogP contribution in [0.5, 0.6) is 5.75 Å². The molecule has 7 nitrogen and oxygen atoms in total. The number of aromatic nitrogens is 1. The van der Waals surface area contributed by atoms with E-state index in [9.17, 15) is 13.2 Å². The molecule has 2 aromatic rings. The Kier molecular flexibility index (Phi) is 6.29. The lowest BCUT2D eigenvalue weighted by atomic mass is 9.76. The van der Waals surface area contributed by atoms with Gasteiger partial charge in [0.05, 0.1) is 17.6 Å². The summed E-state index contributed by atoms with van der Waals surface area (Å²) >= 11 is 0. The first-order valence-corrected chi connectivity index (χ1v) is 12.5. The highest BCUT2D eigenvalue weighted by molar-refractivity contribution is 7.89. The Morgan fingerprint density at radius 1 is 1.23 bits per heavy atom. The van der Waals surface area contributed by atoms with Crippen molar-refractivity contribution in [2.45, 2.75) is 50.5 Å². The molecule has 1 aromatic carbocycles. The fourth-order valence-corrected chi connectivity index (χ4v) is 6.18. The molecule has 2 aliphatic heterocycles. The first-order valence-electron chi connectivity index (χ1n) is 10.9. The van der Waals surface area contributed by atoms with Crippen molar-refractivity contribution in [3.05, 3.63) is 54.4 Å². The number of fused-ring (bicyclic) bond motifs is 1. The third kappa shape index (κ3) is 4.91. The Morgan fingerprint density at radius 2 is 2.00 bits per heavy atom. The summed E-state index contributed by atoms with van der Waals surface area (Å²) in [6, 6.07) is 11.5. The molecule has 0 radical (unpaired) electrons. The van der Waals surface area contributed by atoms with Gasteiger partial charge in [-0.3, -0.25) is 9.78 Å². The number of pyridine rings is 1. The molecule has 1 aromatic heterocycles. The van der Waals surface area contributed by atoms with Crippen LogP contribution in [0.4, 0.5) is 5.69 Å².